The highest BCUT2D eigenvalue weighted by Gasteiger charge is 2.39. The van der Waals surface area contributed by atoms with Crippen LogP contribution < -0.4 is 4.74 Å². The molecule has 0 unspecified atom stereocenters. The summed E-state index contributed by atoms with van der Waals surface area (Å²) >= 11 is 0. The molecular formula is C19H32O6Si. The van der Waals surface area contributed by atoms with Crippen LogP contribution in [0.5, 0.6) is 5.75 Å². The molecule has 7 heteroatoms. The molecule has 0 bridgehead atoms. The summed E-state index contributed by atoms with van der Waals surface area (Å²) in [6.45, 7) is 10.7. The predicted molar refractivity (Wildman–Crippen MR) is 103 cm³/mol. The number of ketones is 1. The zero-order valence-corrected chi connectivity index (χ0v) is 17.5. The second kappa shape index (κ2) is 10.8. The summed E-state index contributed by atoms with van der Waals surface area (Å²) < 4.78 is 23.3. The number of carbonyl (C=O) groups excluding carboxylic acids is 1. The number of Topliss-reactive ketones (excluding diaryl/α,β-unsaturated/α-hetero) is 1. The lowest BCUT2D eigenvalue weighted by Gasteiger charge is -2.28. The molecule has 26 heavy (non-hydrogen) atoms. The molecule has 6 nitrogen and oxygen atoms in total. The van der Waals surface area contributed by atoms with Crippen LogP contribution in [0.15, 0.2) is 24.3 Å². The molecular weight excluding hydrogens is 352 g/mol. The minimum atomic E-state index is -2.69. The Labute approximate surface area is 157 Å². The third-order valence-corrected chi connectivity index (χ3v) is 6.82. The van der Waals surface area contributed by atoms with E-state index < -0.39 is 14.4 Å². The van der Waals surface area contributed by atoms with Crippen molar-refractivity contribution >= 4 is 14.6 Å². The summed E-state index contributed by atoms with van der Waals surface area (Å²) in [5.74, 6) is 0.103. The molecule has 0 aromatic heterocycles. The zero-order valence-electron chi connectivity index (χ0n) is 16.5. The van der Waals surface area contributed by atoms with E-state index in [-0.39, 0.29) is 5.78 Å². The van der Waals surface area contributed by atoms with E-state index in [2.05, 4.69) is 0 Å². The largest absolute Gasteiger partial charge is 0.501 e. The van der Waals surface area contributed by atoms with Crippen LogP contribution in [-0.2, 0) is 13.3 Å². The number of rotatable bonds is 13. The molecule has 1 aromatic carbocycles. The van der Waals surface area contributed by atoms with Gasteiger partial charge in [-0.1, -0.05) is 12.1 Å². The third-order valence-electron chi connectivity index (χ3n) is 3.66. The van der Waals surface area contributed by atoms with Crippen molar-refractivity contribution in [1.29, 1.82) is 0 Å². The predicted octanol–water partition coefficient (Wildman–Crippen LogP) is 3.46. The summed E-state index contributed by atoms with van der Waals surface area (Å²) in [5, 5.41) is 9.97. The highest BCUT2D eigenvalue weighted by molar-refractivity contribution is 6.60. The molecule has 148 valence electrons. The summed E-state index contributed by atoms with van der Waals surface area (Å²) in [4.78, 5) is 12.4. The Kier molecular flexibility index (Phi) is 9.46. The molecule has 0 aliphatic rings. The van der Waals surface area contributed by atoms with Crippen molar-refractivity contribution in [2.45, 2.75) is 52.7 Å². The van der Waals surface area contributed by atoms with E-state index in [9.17, 15) is 9.90 Å². The van der Waals surface area contributed by atoms with E-state index >= 15 is 0 Å². The van der Waals surface area contributed by atoms with Crippen molar-refractivity contribution in [2.75, 3.05) is 26.4 Å². The topological polar surface area (TPSA) is 74.2 Å². The quantitative estimate of drug-likeness (QED) is 0.319. The summed E-state index contributed by atoms with van der Waals surface area (Å²) in [7, 11) is -2.69. The third kappa shape index (κ3) is 6.81. The lowest BCUT2D eigenvalue weighted by Crippen LogP contribution is -2.46. The first-order valence-corrected chi connectivity index (χ1v) is 11.1. The van der Waals surface area contributed by atoms with Gasteiger partial charge < -0.3 is 23.1 Å². The van der Waals surface area contributed by atoms with Crippen LogP contribution in [0.25, 0.3) is 0 Å². The molecule has 0 fully saturated rings. The van der Waals surface area contributed by atoms with Crippen LogP contribution in [0.1, 0.15) is 51.4 Å². The molecule has 0 amide bonds. The molecule has 1 aromatic rings. The van der Waals surface area contributed by atoms with Gasteiger partial charge in [-0.2, -0.15) is 0 Å². The average molecular weight is 385 g/mol. The van der Waals surface area contributed by atoms with Crippen LogP contribution >= 0.6 is 0 Å². The lowest BCUT2D eigenvalue weighted by molar-refractivity contribution is 0.0483. The SMILES string of the molecule is CCO[Si](CCCOc1ccccc1C(=O)C(C)(C)O)(OCC)OCC. The van der Waals surface area contributed by atoms with E-state index in [1.54, 1.807) is 24.3 Å². The molecule has 0 aliphatic carbocycles. The van der Waals surface area contributed by atoms with Gasteiger partial charge >= 0.3 is 8.80 Å². The number of para-hydroxylation sites is 1. The van der Waals surface area contributed by atoms with Crippen molar-refractivity contribution < 1.29 is 27.9 Å². The van der Waals surface area contributed by atoms with Crippen LogP contribution in [0, 0.1) is 0 Å². The Balaban J connectivity index is 2.71. The molecule has 0 atom stereocenters. The second-order valence-corrected chi connectivity index (χ2v) is 9.05. The maximum atomic E-state index is 12.4. The number of hydrogen-bond acceptors (Lipinski definition) is 6. The number of benzene rings is 1. The van der Waals surface area contributed by atoms with Crippen LogP contribution in [0.3, 0.4) is 0 Å². The molecule has 1 rings (SSSR count). The molecule has 0 saturated carbocycles. The van der Waals surface area contributed by atoms with Gasteiger partial charge in [-0.05, 0) is 53.2 Å². The molecule has 1 N–H and O–H groups in total. The maximum absolute atomic E-state index is 12.4. The van der Waals surface area contributed by atoms with Crippen LogP contribution in [0.2, 0.25) is 6.04 Å². The first-order chi connectivity index (χ1) is 12.3. The van der Waals surface area contributed by atoms with Crippen molar-refractivity contribution in [2.24, 2.45) is 0 Å². The van der Waals surface area contributed by atoms with E-state index in [1.807, 2.05) is 20.8 Å². The van der Waals surface area contributed by atoms with Gasteiger partial charge in [-0.3, -0.25) is 4.79 Å². The van der Waals surface area contributed by atoms with Gasteiger partial charge in [0.15, 0.2) is 5.78 Å². The van der Waals surface area contributed by atoms with Gasteiger partial charge in [0, 0.05) is 25.9 Å². The van der Waals surface area contributed by atoms with Gasteiger partial charge in [0.1, 0.15) is 11.4 Å². The van der Waals surface area contributed by atoms with Crippen molar-refractivity contribution in [3.8, 4) is 5.75 Å². The average Bonchev–Trinajstić information content (AvgIpc) is 2.58. The van der Waals surface area contributed by atoms with E-state index in [1.165, 1.54) is 13.8 Å². The Morgan fingerprint density at radius 3 is 2.08 bits per heavy atom. The highest BCUT2D eigenvalue weighted by atomic mass is 28.4. The van der Waals surface area contributed by atoms with Crippen LogP contribution in [-0.4, -0.2) is 51.7 Å². The summed E-state index contributed by atoms with van der Waals surface area (Å²) in [6, 6.07) is 7.59. The normalized spacial score (nSPS) is 12.2. The molecule has 0 spiro atoms. The minimum Gasteiger partial charge on any atom is -0.493 e. The second-order valence-electron chi connectivity index (χ2n) is 6.32. The standard InChI is InChI=1S/C19H32O6Si/c1-6-23-26(24-7-2,25-8-3)15-11-14-22-17-13-10-9-12-16(17)18(20)19(4,5)21/h9-10,12-13,21H,6-8,11,14-15H2,1-5H3. The van der Waals surface area contributed by atoms with E-state index in [4.69, 9.17) is 18.0 Å². The van der Waals surface area contributed by atoms with Gasteiger partial charge in [0.2, 0.25) is 0 Å². The highest BCUT2D eigenvalue weighted by Crippen LogP contribution is 2.24. The number of aliphatic hydroxyl groups is 1. The molecule has 0 aliphatic heterocycles. The Morgan fingerprint density at radius 2 is 1.58 bits per heavy atom. The van der Waals surface area contributed by atoms with Gasteiger partial charge in [-0.25, -0.2) is 0 Å². The monoisotopic (exact) mass is 384 g/mol. The van der Waals surface area contributed by atoms with E-state index in [0.29, 0.717) is 50.2 Å². The molecule has 0 heterocycles. The smallest absolute Gasteiger partial charge is 0.493 e. The molecule has 0 radical (unpaired) electrons. The first kappa shape index (κ1) is 22.8. The van der Waals surface area contributed by atoms with Crippen LogP contribution in [0.4, 0.5) is 0 Å². The fourth-order valence-corrected chi connectivity index (χ4v) is 5.16. The molecule has 0 saturated heterocycles. The Hall–Kier alpha value is -1.25. The fourth-order valence-electron chi connectivity index (χ4n) is 2.58. The van der Waals surface area contributed by atoms with Crippen molar-refractivity contribution in [1.82, 2.24) is 0 Å². The Morgan fingerprint density at radius 1 is 1.04 bits per heavy atom. The minimum absolute atomic E-state index is 0.366. The number of hydrogen-bond donors (Lipinski definition) is 1. The first-order valence-electron chi connectivity index (χ1n) is 9.20. The number of ether oxygens (including phenoxy) is 1. The van der Waals surface area contributed by atoms with Crippen molar-refractivity contribution in [3.63, 3.8) is 0 Å². The van der Waals surface area contributed by atoms with Gasteiger partial charge in [-0.15, -0.1) is 0 Å². The van der Waals surface area contributed by atoms with Gasteiger partial charge in [0.05, 0.1) is 12.2 Å². The van der Waals surface area contributed by atoms with Gasteiger partial charge in [0.25, 0.3) is 0 Å². The summed E-state index contributed by atoms with van der Waals surface area (Å²) in [6.07, 6.45) is 0.678. The number of carbonyl (C=O) groups is 1. The summed E-state index contributed by atoms with van der Waals surface area (Å²) in [5.41, 5.74) is -1.07. The van der Waals surface area contributed by atoms with Crippen molar-refractivity contribution in [3.05, 3.63) is 29.8 Å². The zero-order chi connectivity index (χ0) is 19.6. The Bertz CT molecular complexity index is 538. The maximum Gasteiger partial charge on any atom is 0.501 e. The van der Waals surface area contributed by atoms with E-state index in [0.717, 1.165) is 0 Å². The fraction of sp³-hybridized carbons (Fsp3) is 0.632. The lowest BCUT2D eigenvalue weighted by atomic mass is 9.96.